The number of amides is 1. The maximum absolute atomic E-state index is 12.6. The first kappa shape index (κ1) is 18.8. The third-order valence-electron chi connectivity index (χ3n) is 5.61. The summed E-state index contributed by atoms with van der Waals surface area (Å²) in [6.45, 7) is 2.38. The van der Waals surface area contributed by atoms with Gasteiger partial charge in [0.2, 0.25) is 0 Å². The van der Waals surface area contributed by atoms with Gasteiger partial charge in [-0.1, -0.05) is 19.3 Å². The van der Waals surface area contributed by atoms with Crippen LogP contribution in [0.5, 0.6) is 0 Å². The fraction of sp³-hybridized carbons (Fsp3) is 0.524. The van der Waals surface area contributed by atoms with Gasteiger partial charge in [0.15, 0.2) is 0 Å². The van der Waals surface area contributed by atoms with Gasteiger partial charge in [-0.15, -0.1) is 0 Å². The second-order valence-electron chi connectivity index (χ2n) is 7.70. The van der Waals surface area contributed by atoms with E-state index >= 15 is 0 Å². The normalized spacial score (nSPS) is 19.8. The Morgan fingerprint density at radius 1 is 1.29 bits per heavy atom. The summed E-state index contributed by atoms with van der Waals surface area (Å²) in [5.74, 6) is 1.12. The van der Waals surface area contributed by atoms with Crippen molar-refractivity contribution in [1.82, 2.24) is 19.3 Å². The van der Waals surface area contributed by atoms with Gasteiger partial charge >= 0.3 is 0 Å². The van der Waals surface area contributed by atoms with Gasteiger partial charge in [-0.3, -0.25) is 14.0 Å². The number of hydrogen-bond acceptors (Lipinski definition) is 5. The molecule has 148 valence electrons. The van der Waals surface area contributed by atoms with Crippen LogP contribution in [0.15, 0.2) is 16.6 Å². The van der Waals surface area contributed by atoms with E-state index in [9.17, 15) is 9.59 Å². The minimum absolute atomic E-state index is 0.146. The highest BCUT2D eigenvalue weighted by molar-refractivity contribution is 6.00. The van der Waals surface area contributed by atoms with Crippen molar-refractivity contribution in [1.29, 1.82) is 0 Å². The van der Waals surface area contributed by atoms with E-state index in [0.29, 0.717) is 29.3 Å². The maximum atomic E-state index is 12.6. The number of nitrogens with zero attached hydrogens (tertiary/aromatic N) is 4. The fourth-order valence-electron chi connectivity index (χ4n) is 4.25. The Hall–Kier alpha value is -2.54. The minimum atomic E-state index is -0.475. The number of rotatable bonds is 4. The molecule has 7 heteroatoms. The second kappa shape index (κ2) is 7.47. The topological polar surface area (TPSA) is 76.8 Å². The number of hydrogen-bond donors (Lipinski definition) is 0. The number of carbonyl (C=O) groups excluding carboxylic acids is 1. The average Bonchev–Trinajstić information content (AvgIpc) is 3.14. The third kappa shape index (κ3) is 3.13. The molecule has 28 heavy (non-hydrogen) atoms. The van der Waals surface area contributed by atoms with E-state index in [1.54, 1.807) is 26.4 Å². The van der Waals surface area contributed by atoms with Gasteiger partial charge in [0.1, 0.15) is 17.4 Å². The van der Waals surface area contributed by atoms with Crippen LogP contribution in [0.4, 0.5) is 0 Å². The number of aromatic nitrogens is 3. The Kier molecular flexibility index (Phi) is 5.02. The highest BCUT2D eigenvalue weighted by atomic mass is 16.5. The molecule has 7 nitrogen and oxygen atoms in total. The van der Waals surface area contributed by atoms with Crippen molar-refractivity contribution in [2.24, 2.45) is 0 Å². The Morgan fingerprint density at radius 3 is 2.71 bits per heavy atom. The standard InChI is InChI=1S/C21H26N4O3/c1-4-28-18-11-16-15(10-14(18)21(27)24(2)3)23-20(26)17-12-22-19(25(16)17)13-8-6-5-7-9-13/h10-13,18H,4-9H2,1-3H3. The first-order valence-corrected chi connectivity index (χ1v) is 9.99. The van der Waals surface area contributed by atoms with Crippen molar-refractivity contribution in [2.75, 3.05) is 20.7 Å². The summed E-state index contributed by atoms with van der Waals surface area (Å²) in [6, 6.07) is 0. The lowest BCUT2D eigenvalue weighted by atomic mass is 9.88. The van der Waals surface area contributed by atoms with Crippen LogP contribution in [0, 0.1) is 0 Å². The van der Waals surface area contributed by atoms with Crippen molar-refractivity contribution in [3.8, 4) is 0 Å². The van der Waals surface area contributed by atoms with Crippen molar-refractivity contribution in [3.05, 3.63) is 39.0 Å². The molecule has 0 saturated heterocycles. The van der Waals surface area contributed by atoms with Crippen LogP contribution in [0.1, 0.15) is 56.5 Å². The number of fused-ring (bicyclic) bond motifs is 3. The molecule has 2 aromatic rings. The molecule has 2 heterocycles. The molecule has 2 aromatic heterocycles. The summed E-state index contributed by atoms with van der Waals surface area (Å²) in [5, 5.41) is 0.793. The van der Waals surface area contributed by atoms with Gasteiger partial charge < -0.3 is 9.64 Å². The van der Waals surface area contributed by atoms with Gasteiger partial charge in [-0.25, -0.2) is 9.97 Å². The molecule has 1 atom stereocenters. The molecule has 1 fully saturated rings. The van der Waals surface area contributed by atoms with Gasteiger partial charge in [0.25, 0.3) is 11.5 Å². The van der Waals surface area contributed by atoms with Gasteiger partial charge in [-0.05, 0) is 31.9 Å². The Bertz CT molecular complexity index is 1050. The summed E-state index contributed by atoms with van der Waals surface area (Å²) in [5.41, 5.74) is 1.17. The zero-order chi connectivity index (χ0) is 19.8. The molecular weight excluding hydrogens is 356 g/mol. The zero-order valence-electron chi connectivity index (χ0n) is 16.6. The largest absolute Gasteiger partial charge is 0.369 e. The average molecular weight is 382 g/mol. The Balaban J connectivity index is 1.94. The van der Waals surface area contributed by atoms with Crippen LogP contribution in [0.3, 0.4) is 0 Å². The highest BCUT2D eigenvalue weighted by Crippen LogP contribution is 2.31. The molecule has 2 aliphatic carbocycles. The zero-order valence-corrected chi connectivity index (χ0v) is 16.6. The van der Waals surface area contributed by atoms with Gasteiger partial charge in [-0.2, -0.15) is 0 Å². The van der Waals surface area contributed by atoms with Crippen LogP contribution in [-0.4, -0.2) is 52.0 Å². The lowest BCUT2D eigenvalue weighted by Crippen LogP contribution is -2.37. The molecule has 0 radical (unpaired) electrons. The van der Waals surface area contributed by atoms with Crippen LogP contribution < -0.4 is 10.9 Å². The van der Waals surface area contributed by atoms with Gasteiger partial charge in [0, 0.05) is 26.6 Å². The van der Waals surface area contributed by atoms with E-state index in [2.05, 4.69) is 9.97 Å². The monoisotopic (exact) mass is 382 g/mol. The number of imidazole rings is 1. The predicted octanol–water partition coefficient (Wildman–Crippen LogP) is 1.53. The summed E-state index contributed by atoms with van der Waals surface area (Å²) >= 11 is 0. The molecule has 0 aliphatic heterocycles. The van der Waals surface area contributed by atoms with Crippen LogP contribution in [-0.2, 0) is 9.53 Å². The fourth-order valence-corrected chi connectivity index (χ4v) is 4.25. The molecule has 0 spiro atoms. The van der Waals surface area contributed by atoms with E-state index in [1.807, 2.05) is 17.4 Å². The van der Waals surface area contributed by atoms with Crippen molar-refractivity contribution in [3.63, 3.8) is 0 Å². The van der Waals surface area contributed by atoms with Crippen LogP contribution >= 0.6 is 0 Å². The molecule has 1 unspecified atom stereocenters. The minimum Gasteiger partial charge on any atom is -0.369 e. The smallest absolute Gasteiger partial charge is 0.296 e. The third-order valence-corrected chi connectivity index (χ3v) is 5.61. The summed E-state index contributed by atoms with van der Waals surface area (Å²) < 4.78 is 7.80. The molecule has 0 N–H and O–H groups in total. The van der Waals surface area contributed by atoms with Crippen molar-refractivity contribution < 1.29 is 9.53 Å². The Morgan fingerprint density at radius 2 is 2.04 bits per heavy atom. The van der Waals surface area contributed by atoms with Gasteiger partial charge in [0.05, 0.1) is 22.8 Å². The number of likely N-dealkylation sites (N-methyl/N-ethyl adjacent to an activating group) is 1. The van der Waals surface area contributed by atoms with E-state index in [1.165, 1.54) is 24.2 Å². The first-order valence-electron chi connectivity index (χ1n) is 9.99. The van der Waals surface area contributed by atoms with Crippen molar-refractivity contribution >= 4 is 23.6 Å². The molecule has 1 amide bonds. The lowest BCUT2D eigenvalue weighted by Gasteiger charge is -2.24. The molecule has 0 bridgehead atoms. The summed E-state index contributed by atoms with van der Waals surface area (Å²) in [7, 11) is 3.41. The molecule has 2 aliphatic rings. The molecular formula is C21H26N4O3. The quantitative estimate of drug-likeness (QED) is 0.801. The Labute approximate surface area is 163 Å². The second-order valence-corrected chi connectivity index (χ2v) is 7.70. The van der Waals surface area contributed by atoms with Crippen LogP contribution in [0.25, 0.3) is 17.7 Å². The first-order chi connectivity index (χ1) is 13.5. The summed E-state index contributed by atoms with van der Waals surface area (Å²) in [6.07, 6.45) is 10.5. The molecule has 4 rings (SSSR count). The van der Waals surface area contributed by atoms with E-state index in [-0.39, 0.29) is 11.5 Å². The SMILES string of the molecule is CCOC1C=c2c(nc(=O)c3cnc(C4CCCCC4)n23)C=C1C(=O)N(C)C. The maximum Gasteiger partial charge on any atom is 0.296 e. The van der Waals surface area contributed by atoms with E-state index < -0.39 is 6.10 Å². The predicted molar refractivity (Wildman–Crippen MR) is 107 cm³/mol. The number of carbonyl (C=O) groups is 1. The van der Waals surface area contributed by atoms with E-state index in [4.69, 9.17) is 4.74 Å². The number of ether oxygens (including phenoxy) is 1. The summed E-state index contributed by atoms with van der Waals surface area (Å²) in [4.78, 5) is 35.6. The lowest BCUT2D eigenvalue weighted by molar-refractivity contribution is -0.125. The molecule has 0 aromatic carbocycles. The van der Waals surface area contributed by atoms with Crippen molar-refractivity contribution in [2.45, 2.75) is 51.0 Å². The van der Waals surface area contributed by atoms with Crippen LogP contribution in [0.2, 0.25) is 0 Å². The van der Waals surface area contributed by atoms with E-state index in [0.717, 1.165) is 24.0 Å². The molecule has 1 saturated carbocycles. The highest BCUT2D eigenvalue weighted by Gasteiger charge is 2.28.